The molecule has 0 saturated heterocycles. The molecule has 4 aromatic rings. The summed E-state index contributed by atoms with van der Waals surface area (Å²) in [6.45, 7) is -0.608. The third-order valence-corrected chi connectivity index (χ3v) is 7.04. The van der Waals surface area contributed by atoms with Crippen LogP contribution in [0.25, 0.3) is 11.3 Å². The van der Waals surface area contributed by atoms with Crippen LogP contribution < -0.4 is 10.6 Å². The van der Waals surface area contributed by atoms with E-state index in [0.717, 1.165) is 16.0 Å². The Hall–Kier alpha value is -4.31. The number of nitrogens with zero attached hydrogens (tertiary/aromatic N) is 3. The molecule has 2 heterocycles. The number of halogens is 4. The number of carbonyl (C=O) groups is 1. The van der Waals surface area contributed by atoms with Crippen molar-refractivity contribution in [1.29, 1.82) is 0 Å². The minimum Gasteiger partial charge on any atom is -0.399 e. The second kappa shape index (κ2) is 8.91. The van der Waals surface area contributed by atoms with Gasteiger partial charge in [-0.05, 0) is 36.1 Å². The molecule has 3 aromatic carbocycles. The highest BCUT2D eigenvalue weighted by molar-refractivity contribution is 5.96. The van der Waals surface area contributed by atoms with Crippen LogP contribution in [0, 0.1) is 23.3 Å². The average Bonchev–Trinajstić information content (AvgIpc) is 2.94. The molecule has 1 aliphatic carbocycles. The van der Waals surface area contributed by atoms with Gasteiger partial charge in [0.05, 0.1) is 24.4 Å². The van der Waals surface area contributed by atoms with Crippen LogP contribution in [0.3, 0.4) is 0 Å². The van der Waals surface area contributed by atoms with Crippen molar-refractivity contribution in [3.05, 3.63) is 105 Å². The quantitative estimate of drug-likeness (QED) is 0.179. The SMILES string of the molecule is Nc1ccc2c(c1)CCc1nc(N3Cc4c(F)c(F)c(F)c(F)c4CC3=O)c(C(O)c3ccccc3)nc1-2. The van der Waals surface area contributed by atoms with E-state index in [9.17, 15) is 27.5 Å². The summed E-state index contributed by atoms with van der Waals surface area (Å²) >= 11 is 0. The Labute approximate surface area is 214 Å². The highest BCUT2D eigenvalue weighted by Gasteiger charge is 2.37. The van der Waals surface area contributed by atoms with Crippen LogP contribution >= 0.6 is 0 Å². The number of nitrogen functional groups attached to an aromatic ring is 1. The van der Waals surface area contributed by atoms with Gasteiger partial charge in [0.2, 0.25) is 5.91 Å². The lowest BCUT2D eigenvalue weighted by Crippen LogP contribution is -2.39. The van der Waals surface area contributed by atoms with Gasteiger partial charge in [-0.1, -0.05) is 36.4 Å². The lowest BCUT2D eigenvalue weighted by atomic mass is 9.90. The number of benzene rings is 3. The topological polar surface area (TPSA) is 92.3 Å². The summed E-state index contributed by atoms with van der Waals surface area (Å²) in [5.41, 5.74) is 8.78. The van der Waals surface area contributed by atoms with Crippen LogP contribution in [0.2, 0.25) is 0 Å². The molecule has 6 rings (SSSR count). The number of hydrogen-bond acceptors (Lipinski definition) is 5. The first-order valence-electron chi connectivity index (χ1n) is 11.9. The van der Waals surface area contributed by atoms with Gasteiger partial charge in [-0.25, -0.2) is 27.5 Å². The molecule has 1 aliphatic heterocycles. The van der Waals surface area contributed by atoms with Gasteiger partial charge in [-0.15, -0.1) is 0 Å². The fourth-order valence-electron chi connectivity index (χ4n) is 5.10. The number of rotatable bonds is 3. The monoisotopic (exact) mass is 520 g/mol. The van der Waals surface area contributed by atoms with Crippen molar-refractivity contribution in [3.8, 4) is 11.3 Å². The van der Waals surface area contributed by atoms with Crippen molar-refractivity contribution in [3.63, 3.8) is 0 Å². The third kappa shape index (κ3) is 3.71. The first-order valence-corrected chi connectivity index (χ1v) is 11.9. The average molecular weight is 520 g/mol. The van der Waals surface area contributed by atoms with Gasteiger partial charge in [0.25, 0.3) is 0 Å². The summed E-state index contributed by atoms with van der Waals surface area (Å²) in [7, 11) is 0. The van der Waals surface area contributed by atoms with Crippen LogP contribution in [0.15, 0.2) is 48.5 Å². The summed E-state index contributed by atoms with van der Waals surface area (Å²) in [6.07, 6.45) is -0.987. The van der Waals surface area contributed by atoms with Crippen LogP contribution in [0.5, 0.6) is 0 Å². The fourth-order valence-corrected chi connectivity index (χ4v) is 5.10. The lowest BCUT2D eigenvalue weighted by molar-refractivity contribution is -0.118. The molecule has 6 nitrogen and oxygen atoms in total. The summed E-state index contributed by atoms with van der Waals surface area (Å²) in [6, 6.07) is 13.9. The van der Waals surface area contributed by atoms with E-state index in [1.165, 1.54) is 0 Å². The standard InChI is InChI=1S/C28H20F4N4O2/c29-21-17-11-20(37)36(12-18(17)22(30)24(32)23(21)31)28-26(27(38)13-4-2-1-3-5-13)35-25-16-8-7-15(33)10-14(16)6-9-19(25)34-28/h1-5,7-8,10,27,38H,6,9,11-12,33H2. The molecule has 38 heavy (non-hydrogen) atoms. The number of amides is 1. The van der Waals surface area contributed by atoms with Crippen molar-refractivity contribution in [2.75, 3.05) is 10.6 Å². The van der Waals surface area contributed by atoms with Gasteiger partial charge >= 0.3 is 0 Å². The molecule has 1 atom stereocenters. The normalized spacial score (nSPS) is 15.1. The molecule has 0 fully saturated rings. The summed E-state index contributed by atoms with van der Waals surface area (Å²) in [5, 5.41) is 11.4. The molecule has 1 amide bonds. The van der Waals surface area contributed by atoms with E-state index in [1.54, 1.807) is 36.4 Å². The Bertz CT molecular complexity index is 1630. The molecule has 1 unspecified atom stereocenters. The fraction of sp³-hybridized carbons (Fsp3) is 0.179. The zero-order valence-corrected chi connectivity index (χ0v) is 19.8. The Morgan fingerprint density at radius 3 is 2.34 bits per heavy atom. The third-order valence-electron chi connectivity index (χ3n) is 7.04. The zero-order valence-electron chi connectivity index (χ0n) is 19.8. The first kappa shape index (κ1) is 24.1. The van der Waals surface area contributed by atoms with Crippen LogP contribution in [-0.4, -0.2) is 21.0 Å². The van der Waals surface area contributed by atoms with Gasteiger partial charge in [0.15, 0.2) is 29.1 Å². The number of fused-ring (bicyclic) bond motifs is 4. The largest absolute Gasteiger partial charge is 0.399 e. The van der Waals surface area contributed by atoms with E-state index in [2.05, 4.69) is 4.98 Å². The molecule has 192 valence electrons. The summed E-state index contributed by atoms with van der Waals surface area (Å²) < 4.78 is 57.0. The zero-order chi connectivity index (χ0) is 26.7. The molecule has 0 bridgehead atoms. The molecular formula is C28H20F4N4O2. The Kier molecular flexibility index (Phi) is 5.64. The minimum absolute atomic E-state index is 0.0138. The van der Waals surface area contributed by atoms with Crippen LogP contribution in [0.4, 0.5) is 29.1 Å². The van der Waals surface area contributed by atoms with Crippen molar-refractivity contribution in [1.82, 2.24) is 9.97 Å². The van der Waals surface area contributed by atoms with E-state index in [1.807, 2.05) is 12.1 Å². The highest BCUT2D eigenvalue weighted by atomic mass is 19.2. The Morgan fingerprint density at radius 2 is 1.61 bits per heavy atom. The second-order valence-corrected chi connectivity index (χ2v) is 9.33. The first-order chi connectivity index (χ1) is 18.2. The molecule has 0 saturated carbocycles. The lowest BCUT2D eigenvalue weighted by Gasteiger charge is -2.32. The van der Waals surface area contributed by atoms with Gasteiger partial charge in [-0.2, -0.15) is 0 Å². The molecule has 2 aliphatic rings. The van der Waals surface area contributed by atoms with Crippen molar-refractivity contribution in [2.24, 2.45) is 0 Å². The number of anilines is 2. The van der Waals surface area contributed by atoms with Crippen LogP contribution in [0.1, 0.15) is 39.7 Å². The maximum absolute atomic E-state index is 14.7. The van der Waals surface area contributed by atoms with E-state index < -0.39 is 59.4 Å². The summed E-state index contributed by atoms with van der Waals surface area (Å²) in [4.78, 5) is 23.7. The molecule has 1 aromatic heterocycles. The van der Waals surface area contributed by atoms with Crippen molar-refractivity contribution >= 4 is 17.4 Å². The van der Waals surface area contributed by atoms with Gasteiger partial charge < -0.3 is 10.8 Å². The van der Waals surface area contributed by atoms with Gasteiger partial charge in [-0.3, -0.25) is 9.69 Å². The molecule has 0 radical (unpaired) electrons. The smallest absolute Gasteiger partial charge is 0.233 e. The Morgan fingerprint density at radius 1 is 0.895 bits per heavy atom. The summed E-state index contributed by atoms with van der Waals surface area (Å²) in [5.74, 6) is -7.85. The van der Waals surface area contributed by atoms with Crippen molar-refractivity contribution in [2.45, 2.75) is 31.9 Å². The minimum atomic E-state index is -1.96. The predicted molar refractivity (Wildman–Crippen MR) is 131 cm³/mol. The maximum atomic E-state index is 14.7. The van der Waals surface area contributed by atoms with Gasteiger partial charge in [0, 0.05) is 22.4 Å². The van der Waals surface area contributed by atoms with Crippen LogP contribution in [-0.2, 0) is 30.6 Å². The van der Waals surface area contributed by atoms with E-state index in [0.29, 0.717) is 35.5 Å². The molecule has 0 spiro atoms. The number of carbonyl (C=O) groups excluding carboxylic acids is 1. The number of aryl methyl sites for hydroxylation is 2. The van der Waals surface area contributed by atoms with E-state index >= 15 is 0 Å². The number of aliphatic hydroxyl groups excluding tert-OH is 1. The maximum Gasteiger partial charge on any atom is 0.233 e. The number of nitrogens with two attached hydrogens (primary N) is 1. The number of hydrogen-bond donors (Lipinski definition) is 2. The van der Waals surface area contributed by atoms with Crippen molar-refractivity contribution < 1.29 is 27.5 Å². The second-order valence-electron chi connectivity index (χ2n) is 9.33. The Balaban J connectivity index is 1.54. The van der Waals surface area contributed by atoms with E-state index in [-0.39, 0.29) is 11.5 Å². The predicted octanol–water partition coefficient (Wildman–Crippen LogP) is 4.55. The number of aliphatic hydroxyl groups is 1. The molecule has 10 heteroatoms. The highest BCUT2D eigenvalue weighted by Crippen LogP contribution is 2.39. The molecule has 3 N–H and O–H groups in total. The number of aromatic nitrogens is 2. The molecular weight excluding hydrogens is 500 g/mol. The van der Waals surface area contributed by atoms with E-state index in [4.69, 9.17) is 10.7 Å². The van der Waals surface area contributed by atoms with Gasteiger partial charge in [0.1, 0.15) is 11.8 Å².